The van der Waals surface area contributed by atoms with Crippen LogP contribution in [0.2, 0.25) is 0 Å². The molecule has 0 amide bonds. The average Bonchev–Trinajstić information content (AvgIpc) is 3.15. The summed E-state index contributed by atoms with van der Waals surface area (Å²) in [6, 6.07) is 0. The van der Waals surface area contributed by atoms with Gasteiger partial charge in [-0.1, -0.05) is 0 Å². The third-order valence-corrected chi connectivity index (χ3v) is 2.83. The fourth-order valence-corrected chi connectivity index (χ4v) is 1.93. The van der Waals surface area contributed by atoms with Crippen LogP contribution in [-0.2, 0) is 0 Å². The van der Waals surface area contributed by atoms with E-state index in [4.69, 9.17) is 0 Å². The Balaban J connectivity index is 2.01. The number of aromatic nitrogens is 8. The largest absolute Gasteiger partial charge is 0.318 e. The highest BCUT2D eigenvalue weighted by atomic mass is 16.6. The first-order valence-electron chi connectivity index (χ1n) is 5.46. The Morgan fingerprint density at radius 3 is 2.95 bits per heavy atom. The maximum Gasteiger partial charge on any atom is 0.318 e. The monoisotopic (exact) mass is 271 g/mol. The summed E-state index contributed by atoms with van der Waals surface area (Å²) >= 11 is 0. The fraction of sp³-hybridized carbons (Fsp3) is 0. The molecule has 11 heteroatoms. The second kappa shape index (κ2) is 3.57. The van der Waals surface area contributed by atoms with Gasteiger partial charge in [0.15, 0.2) is 17.0 Å². The van der Waals surface area contributed by atoms with Crippen molar-refractivity contribution in [3.63, 3.8) is 0 Å². The molecular formula is C9H5N9O2. The highest BCUT2D eigenvalue weighted by Gasteiger charge is 2.22. The minimum absolute atomic E-state index is 0.148. The van der Waals surface area contributed by atoms with Crippen LogP contribution in [0, 0.1) is 10.1 Å². The molecule has 0 radical (unpaired) electrons. The number of fused-ring (bicyclic) bond motifs is 3. The fourth-order valence-electron chi connectivity index (χ4n) is 1.93. The maximum atomic E-state index is 10.9. The van der Waals surface area contributed by atoms with Crippen molar-refractivity contribution in [1.82, 2.24) is 40.0 Å². The van der Waals surface area contributed by atoms with Crippen LogP contribution in [0.25, 0.3) is 28.2 Å². The van der Waals surface area contributed by atoms with E-state index in [-0.39, 0.29) is 17.2 Å². The van der Waals surface area contributed by atoms with Gasteiger partial charge in [0, 0.05) is 0 Å². The zero-order valence-electron chi connectivity index (χ0n) is 9.68. The summed E-state index contributed by atoms with van der Waals surface area (Å²) in [5, 5.41) is 28.5. The van der Waals surface area contributed by atoms with Crippen molar-refractivity contribution in [2.45, 2.75) is 0 Å². The van der Waals surface area contributed by atoms with Gasteiger partial charge >= 0.3 is 5.69 Å². The summed E-state index contributed by atoms with van der Waals surface area (Å²) in [6.45, 7) is 0. The maximum absolute atomic E-state index is 10.9. The van der Waals surface area contributed by atoms with E-state index in [1.807, 2.05) is 0 Å². The molecule has 0 atom stereocenters. The number of rotatable bonds is 2. The van der Waals surface area contributed by atoms with Gasteiger partial charge in [-0.15, -0.1) is 5.10 Å². The molecule has 0 aliphatic carbocycles. The molecule has 0 unspecified atom stereocenters. The molecule has 0 bridgehead atoms. The van der Waals surface area contributed by atoms with E-state index in [0.29, 0.717) is 16.7 Å². The van der Waals surface area contributed by atoms with E-state index in [1.54, 1.807) is 6.20 Å². The van der Waals surface area contributed by atoms with Gasteiger partial charge in [0.1, 0.15) is 12.5 Å². The molecule has 0 aliphatic rings. The van der Waals surface area contributed by atoms with E-state index in [9.17, 15) is 10.1 Å². The van der Waals surface area contributed by atoms with Gasteiger partial charge in [0.25, 0.3) is 0 Å². The third kappa shape index (κ3) is 1.31. The number of hydrogen-bond acceptors (Lipinski definition) is 7. The molecule has 98 valence electrons. The van der Waals surface area contributed by atoms with Crippen LogP contribution in [0.15, 0.2) is 18.7 Å². The Hall–Kier alpha value is -3.37. The first-order valence-corrected chi connectivity index (χ1v) is 5.46. The van der Waals surface area contributed by atoms with Crippen LogP contribution in [0.1, 0.15) is 0 Å². The van der Waals surface area contributed by atoms with E-state index in [1.165, 1.54) is 10.8 Å². The van der Waals surface area contributed by atoms with Gasteiger partial charge in [0.05, 0.1) is 16.5 Å². The molecule has 20 heavy (non-hydrogen) atoms. The summed E-state index contributed by atoms with van der Waals surface area (Å²) < 4.78 is 1.43. The summed E-state index contributed by atoms with van der Waals surface area (Å²) in [5.41, 5.74) is 1.03. The quantitative estimate of drug-likeness (QED) is 0.394. The molecule has 0 spiro atoms. The lowest BCUT2D eigenvalue weighted by Gasteiger charge is -1.89. The summed E-state index contributed by atoms with van der Waals surface area (Å²) in [4.78, 5) is 18.7. The van der Waals surface area contributed by atoms with Gasteiger partial charge < -0.3 is 0 Å². The first kappa shape index (κ1) is 10.5. The van der Waals surface area contributed by atoms with Crippen LogP contribution in [0.4, 0.5) is 5.69 Å². The lowest BCUT2D eigenvalue weighted by atomic mass is 10.3. The summed E-state index contributed by atoms with van der Waals surface area (Å²) in [5.74, 6) is 0.171. The first-order chi connectivity index (χ1) is 9.74. The van der Waals surface area contributed by atoms with Gasteiger partial charge in [-0.3, -0.25) is 20.3 Å². The van der Waals surface area contributed by atoms with Crippen LogP contribution < -0.4 is 0 Å². The number of H-pyrrole nitrogens is 2. The Morgan fingerprint density at radius 2 is 2.10 bits per heavy atom. The molecule has 4 heterocycles. The molecule has 0 saturated carbocycles. The van der Waals surface area contributed by atoms with Crippen molar-refractivity contribution in [2.75, 3.05) is 0 Å². The summed E-state index contributed by atoms with van der Waals surface area (Å²) in [6.07, 6.45) is 4.14. The van der Waals surface area contributed by atoms with Crippen molar-refractivity contribution < 1.29 is 4.92 Å². The molecule has 4 aromatic rings. The molecular weight excluding hydrogens is 266 g/mol. The number of nitrogens with one attached hydrogen (secondary N) is 2. The van der Waals surface area contributed by atoms with Crippen LogP contribution in [0.3, 0.4) is 0 Å². The smallest absolute Gasteiger partial charge is 0.268 e. The number of aromatic amines is 2. The standard InChI is InChI=1S/C9H5N9O2/c19-18(20)5-2-12-14-6(5)8-13-9-4-1-11-15-7(4)10-3-17(9)16-8/h1-3H,(H,11,15)(H,12,14). The molecule has 0 saturated heterocycles. The predicted molar refractivity (Wildman–Crippen MR) is 64.7 cm³/mol. The lowest BCUT2D eigenvalue weighted by molar-refractivity contribution is -0.384. The molecule has 0 fully saturated rings. The third-order valence-electron chi connectivity index (χ3n) is 2.83. The average molecular weight is 271 g/mol. The lowest BCUT2D eigenvalue weighted by Crippen LogP contribution is -1.92. The molecule has 2 N–H and O–H groups in total. The highest BCUT2D eigenvalue weighted by molar-refractivity contribution is 5.88. The second-order valence-electron chi connectivity index (χ2n) is 3.97. The van der Waals surface area contributed by atoms with Crippen molar-refractivity contribution in [3.8, 4) is 11.5 Å². The number of nitro groups is 1. The van der Waals surface area contributed by atoms with Crippen molar-refractivity contribution in [2.24, 2.45) is 0 Å². The zero-order valence-corrected chi connectivity index (χ0v) is 9.68. The molecule has 4 aromatic heterocycles. The van der Waals surface area contributed by atoms with E-state index >= 15 is 0 Å². The Labute approximate surface area is 108 Å². The van der Waals surface area contributed by atoms with Gasteiger partial charge in [-0.2, -0.15) is 10.2 Å². The predicted octanol–water partition coefficient (Wildman–Crippen LogP) is 0.299. The van der Waals surface area contributed by atoms with Crippen molar-refractivity contribution in [1.29, 1.82) is 0 Å². The topological polar surface area (TPSA) is 144 Å². The Kier molecular flexibility index (Phi) is 1.88. The van der Waals surface area contributed by atoms with Crippen LogP contribution in [0.5, 0.6) is 0 Å². The van der Waals surface area contributed by atoms with Crippen molar-refractivity contribution >= 4 is 22.4 Å². The molecule has 4 rings (SSSR count). The molecule has 0 aliphatic heterocycles. The minimum Gasteiger partial charge on any atom is -0.268 e. The van der Waals surface area contributed by atoms with Crippen LogP contribution >= 0.6 is 0 Å². The van der Waals surface area contributed by atoms with E-state index < -0.39 is 4.92 Å². The van der Waals surface area contributed by atoms with Gasteiger partial charge in [-0.25, -0.2) is 14.5 Å². The van der Waals surface area contributed by atoms with Gasteiger partial charge in [-0.05, 0) is 0 Å². The Morgan fingerprint density at radius 1 is 1.25 bits per heavy atom. The van der Waals surface area contributed by atoms with Crippen molar-refractivity contribution in [3.05, 3.63) is 28.8 Å². The highest BCUT2D eigenvalue weighted by Crippen LogP contribution is 2.25. The number of hydrogen-bond donors (Lipinski definition) is 2. The summed E-state index contributed by atoms with van der Waals surface area (Å²) in [7, 11) is 0. The molecule has 11 nitrogen and oxygen atoms in total. The van der Waals surface area contributed by atoms with Gasteiger partial charge in [0.2, 0.25) is 5.82 Å². The van der Waals surface area contributed by atoms with Crippen LogP contribution in [-0.4, -0.2) is 44.9 Å². The van der Waals surface area contributed by atoms with E-state index in [2.05, 4.69) is 35.5 Å². The minimum atomic E-state index is -0.545. The zero-order chi connectivity index (χ0) is 13.7. The SMILES string of the molecule is O=[N+]([O-])c1cn[nH]c1-c1nc2c3cn[nH]c3ncn2n1. The Bertz CT molecular complexity index is 949. The second-order valence-corrected chi connectivity index (χ2v) is 3.97. The number of nitrogens with zero attached hydrogens (tertiary/aromatic N) is 7. The van der Waals surface area contributed by atoms with E-state index in [0.717, 1.165) is 6.20 Å². The normalized spacial score (nSPS) is 11.4. The molecule has 0 aromatic carbocycles.